The second-order valence-corrected chi connectivity index (χ2v) is 9.45. The number of hydrogen-bond donors (Lipinski definition) is 0. The number of nitrogens with zero attached hydrogens (tertiary/aromatic N) is 5. The van der Waals surface area contributed by atoms with Crippen LogP contribution in [0, 0.1) is 0 Å². The molecular formula is C26H33N5O. The number of benzene rings is 1. The van der Waals surface area contributed by atoms with Gasteiger partial charge in [-0.3, -0.25) is 4.79 Å². The van der Waals surface area contributed by atoms with E-state index in [0.29, 0.717) is 12.0 Å². The third kappa shape index (κ3) is 4.11. The Labute approximate surface area is 190 Å². The Morgan fingerprint density at radius 2 is 1.78 bits per heavy atom. The van der Waals surface area contributed by atoms with Gasteiger partial charge in [0.1, 0.15) is 0 Å². The average molecular weight is 432 g/mol. The predicted molar refractivity (Wildman–Crippen MR) is 129 cm³/mol. The van der Waals surface area contributed by atoms with Gasteiger partial charge in [0, 0.05) is 56.7 Å². The molecule has 0 unspecified atom stereocenters. The maximum atomic E-state index is 11.0. The molecule has 2 fully saturated rings. The van der Waals surface area contributed by atoms with Crippen LogP contribution in [0.5, 0.6) is 0 Å². The number of amides is 1. The van der Waals surface area contributed by atoms with Gasteiger partial charge < -0.3 is 14.7 Å². The van der Waals surface area contributed by atoms with Crippen molar-refractivity contribution < 1.29 is 4.79 Å². The highest BCUT2D eigenvalue weighted by Gasteiger charge is 2.23. The second-order valence-electron chi connectivity index (χ2n) is 9.45. The molecule has 3 aromatic rings. The van der Waals surface area contributed by atoms with Crippen molar-refractivity contribution in [3.63, 3.8) is 0 Å². The lowest BCUT2D eigenvalue weighted by Crippen LogP contribution is -2.45. The van der Waals surface area contributed by atoms with Crippen LogP contribution in [0.2, 0.25) is 0 Å². The summed E-state index contributed by atoms with van der Waals surface area (Å²) in [7, 11) is 0. The van der Waals surface area contributed by atoms with Crippen LogP contribution in [0.4, 0.5) is 5.69 Å². The molecule has 0 aliphatic carbocycles. The van der Waals surface area contributed by atoms with E-state index in [2.05, 4.69) is 71.3 Å². The largest absolute Gasteiger partial charge is 0.366 e. The summed E-state index contributed by atoms with van der Waals surface area (Å²) < 4.78 is 1.98. The summed E-state index contributed by atoms with van der Waals surface area (Å²) >= 11 is 0. The minimum atomic E-state index is 0.619. The van der Waals surface area contributed by atoms with Crippen molar-refractivity contribution in [2.75, 3.05) is 44.2 Å². The summed E-state index contributed by atoms with van der Waals surface area (Å²) in [4.78, 5) is 17.8. The van der Waals surface area contributed by atoms with E-state index >= 15 is 0 Å². The first-order chi connectivity index (χ1) is 15.6. The number of carbonyl (C=O) groups is 1. The van der Waals surface area contributed by atoms with Crippen LogP contribution in [0.1, 0.15) is 38.2 Å². The molecule has 2 saturated heterocycles. The molecule has 2 aliphatic heterocycles. The van der Waals surface area contributed by atoms with Gasteiger partial charge in [0.25, 0.3) is 0 Å². The summed E-state index contributed by atoms with van der Waals surface area (Å²) in [6.07, 6.45) is 7.50. The Morgan fingerprint density at radius 1 is 1.00 bits per heavy atom. The fourth-order valence-corrected chi connectivity index (χ4v) is 5.19. The summed E-state index contributed by atoms with van der Waals surface area (Å²) in [5.74, 6) is 0.631. The monoisotopic (exact) mass is 431 g/mol. The number of piperazine rings is 1. The zero-order valence-electron chi connectivity index (χ0n) is 19.2. The normalized spacial score (nSPS) is 20.3. The fraction of sp³-hybridized carbons (Fsp3) is 0.462. The van der Waals surface area contributed by atoms with Crippen molar-refractivity contribution >= 4 is 17.6 Å². The lowest BCUT2D eigenvalue weighted by molar-refractivity contribution is -0.118. The molecule has 32 heavy (non-hydrogen) atoms. The van der Waals surface area contributed by atoms with Gasteiger partial charge >= 0.3 is 0 Å². The number of anilines is 1. The topological polar surface area (TPSA) is 44.1 Å². The number of piperidine rings is 1. The van der Waals surface area contributed by atoms with Crippen molar-refractivity contribution in [2.24, 2.45) is 0 Å². The third-order valence-corrected chi connectivity index (χ3v) is 7.19. The van der Waals surface area contributed by atoms with Crippen LogP contribution in [0.3, 0.4) is 0 Å². The van der Waals surface area contributed by atoms with Gasteiger partial charge in [0.2, 0.25) is 6.41 Å². The molecule has 2 aromatic heterocycles. The lowest BCUT2D eigenvalue weighted by Gasteiger charge is -2.35. The predicted octanol–water partition coefficient (Wildman–Crippen LogP) is 3.87. The summed E-state index contributed by atoms with van der Waals surface area (Å²) in [5, 5.41) is 4.55. The second kappa shape index (κ2) is 8.94. The highest BCUT2D eigenvalue weighted by Crippen LogP contribution is 2.32. The number of aromatic nitrogens is 2. The number of rotatable bonds is 5. The molecule has 0 saturated carbocycles. The third-order valence-electron chi connectivity index (χ3n) is 7.19. The van der Waals surface area contributed by atoms with Crippen LogP contribution in [0.25, 0.3) is 16.6 Å². The molecule has 6 nitrogen and oxygen atoms in total. The Kier molecular flexibility index (Phi) is 5.87. The number of likely N-dealkylation sites (tertiary alicyclic amines) is 1. The van der Waals surface area contributed by atoms with Gasteiger partial charge in [-0.15, -0.1) is 0 Å². The molecular weight excluding hydrogens is 398 g/mol. The Morgan fingerprint density at radius 3 is 2.50 bits per heavy atom. The maximum Gasteiger partial charge on any atom is 0.209 e. The van der Waals surface area contributed by atoms with Crippen LogP contribution >= 0.6 is 0 Å². The molecule has 1 amide bonds. The minimum absolute atomic E-state index is 0.619. The summed E-state index contributed by atoms with van der Waals surface area (Å²) in [5.41, 5.74) is 6.17. The molecule has 0 bridgehead atoms. The van der Waals surface area contributed by atoms with Crippen molar-refractivity contribution in [3.05, 3.63) is 54.4 Å². The van der Waals surface area contributed by atoms with E-state index in [1.807, 2.05) is 15.6 Å². The summed E-state index contributed by atoms with van der Waals surface area (Å²) in [6.45, 7) is 10.2. The van der Waals surface area contributed by atoms with Gasteiger partial charge in [-0.25, -0.2) is 4.52 Å². The average Bonchev–Trinajstić information content (AvgIpc) is 3.29. The molecule has 0 spiro atoms. The standard InChI is InChI=1S/C26H33N5O/c1-20(2)30-11-3-4-23(17-30)21-5-7-22(8-6-21)24-16-26-25(9-10-27-31(26)18-24)29-14-12-28(19-32)13-15-29/h5-10,16,18-20,23H,3-4,11-15,17H2,1-2H3/t23-/m1/s1. The highest BCUT2D eigenvalue weighted by molar-refractivity contribution is 5.80. The van der Waals surface area contributed by atoms with Crippen LogP contribution in [-0.2, 0) is 4.79 Å². The van der Waals surface area contributed by atoms with E-state index in [1.54, 1.807) is 0 Å². The molecule has 0 radical (unpaired) electrons. The first-order valence-electron chi connectivity index (χ1n) is 11.9. The Balaban J connectivity index is 1.37. The van der Waals surface area contributed by atoms with E-state index in [4.69, 9.17) is 0 Å². The van der Waals surface area contributed by atoms with Gasteiger partial charge in [0.15, 0.2) is 0 Å². The van der Waals surface area contributed by atoms with Crippen LogP contribution in [-0.4, -0.2) is 71.1 Å². The van der Waals surface area contributed by atoms with E-state index in [0.717, 1.165) is 44.7 Å². The fourth-order valence-electron chi connectivity index (χ4n) is 5.19. The zero-order valence-corrected chi connectivity index (χ0v) is 19.2. The van der Waals surface area contributed by atoms with E-state index in [-0.39, 0.29) is 0 Å². The number of hydrogen-bond acceptors (Lipinski definition) is 4. The highest BCUT2D eigenvalue weighted by atomic mass is 16.1. The molecule has 6 heteroatoms. The molecule has 2 aliphatic rings. The van der Waals surface area contributed by atoms with Gasteiger partial charge in [-0.1, -0.05) is 24.3 Å². The Bertz CT molecular complexity index is 1070. The van der Waals surface area contributed by atoms with Crippen molar-refractivity contribution in [2.45, 2.75) is 38.6 Å². The smallest absolute Gasteiger partial charge is 0.209 e. The Hall–Kier alpha value is -2.86. The lowest BCUT2D eigenvalue weighted by atomic mass is 9.89. The molecule has 4 heterocycles. The van der Waals surface area contributed by atoms with E-state index < -0.39 is 0 Å². The van der Waals surface area contributed by atoms with Gasteiger partial charge in [-0.05, 0) is 62.4 Å². The molecule has 1 aromatic carbocycles. The van der Waals surface area contributed by atoms with Gasteiger partial charge in [-0.2, -0.15) is 5.10 Å². The molecule has 0 N–H and O–H groups in total. The summed E-state index contributed by atoms with van der Waals surface area (Å²) in [6, 6.07) is 14.1. The molecule has 168 valence electrons. The van der Waals surface area contributed by atoms with Crippen LogP contribution < -0.4 is 4.90 Å². The van der Waals surface area contributed by atoms with E-state index in [9.17, 15) is 4.79 Å². The SMILES string of the molecule is CC(C)N1CCC[C@@H](c2ccc(-c3cc4c(N5CCN(C=O)CC5)ccnn4c3)cc2)C1. The number of carbonyl (C=O) groups excluding carboxylic acids is 1. The van der Waals surface area contributed by atoms with Gasteiger partial charge in [0.05, 0.1) is 11.2 Å². The molecule has 5 rings (SSSR count). The van der Waals surface area contributed by atoms with Crippen molar-refractivity contribution in [1.82, 2.24) is 19.4 Å². The maximum absolute atomic E-state index is 11.0. The van der Waals surface area contributed by atoms with Crippen LogP contribution in [0.15, 0.2) is 48.8 Å². The van der Waals surface area contributed by atoms with Crippen molar-refractivity contribution in [3.8, 4) is 11.1 Å². The first kappa shape index (κ1) is 21.0. The van der Waals surface area contributed by atoms with E-state index in [1.165, 1.54) is 41.8 Å². The minimum Gasteiger partial charge on any atom is -0.366 e. The zero-order chi connectivity index (χ0) is 22.1. The quantitative estimate of drug-likeness (QED) is 0.576. The van der Waals surface area contributed by atoms with Crippen molar-refractivity contribution in [1.29, 1.82) is 0 Å². The first-order valence-corrected chi connectivity index (χ1v) is 11.9. The number of fused-ring (bicyclic) bond motifs is 1. The molecule has 1 atom stereocenters.